The van der Waals surface area contributed by atoms with Crippen LogP contribution in [-0.4, -0.2) is 15.5 Å². The Morgan fingerprint density at radius 2 is 2.00 bits per heavy atom. The van der Waals surface area contributed by atoms with E-state index in [1.54, 1.807) is 30.3 Å². The van der Waals surface area contributed by atoms with E-state index in [-0.39, 0.29) is 0 Å². The van der Waals surface area contributed by atoms with Gasteiger partial charge in [-0.3, -0.25) is 19.0 Å². The number of nitrogens with two attached hydrogens (primary N) is 2. The monoisotopic (exact) mass is 428 g/mol. The van der Waals surface area contributed by atoms with Gasteiger partial charge in [0.2, 0.25) is 5.91 Å². The normalized spacial score (nSPS) is 17.0. The molecule has 2 unspecified atom stereocenters. The molecule has 5 N–H and O–H groups in total. The first-order valence-corrected chi connectivity index (χ1v) is 9.28. The van der Waals surface area contributed by atoms with Gasteiger partial charge in [-0.25, -0.2) is 0 Å². The molecule has 0 radical (unpaired) electrons. The number of para-hydroxylation sites is 1. The number of primary amides is 1. The Hall–Kier alpha value is -2.87. The zero-order valence-corrected chi connectivity index (χ0v) is 15.8. The largest absolute Gasteiger partial charge is 0.398 e. The van der Waals surface area contributed by atoms with Crippen molar-refractivity contribution >= 4 is 38.6 Å². The van der Waals surface area contributed by atoms with Crippen LogP contribution in [0, 0.1) is 0 Å². The van der Waals surface area contributed by atoms with E-state index < -0.39 is 29.0 Å². The third-order valence-electron chi connectivity index (χ3n) is 5.12. The predicted molar refractivity (Wildman–Crippen MR) is 107 cm³/mol. The Morgan fingerprint density at radius 1 is 1.26 bits per heavy atom. The van der Waals surface area contributed by atoms with Crippen LogP contribution >= 0.6 is 15.9 Å². The number of carbonyl (C=O) groups excluding carboxylic acids is 1. The van der Waals surface area contributed by atoms with Crippen molar-refractivity contribution in [1.29, 1.82) is 0 Å². The number of nitrogens with one attached hydrogen (secondary N) is 1. The SMILES string of the molecule is NC(=O)C(c1ccccc1N)C1CCc2cc(Br)cc3[nH]c(=O)c(=O)n1c23. The lowest BCUT2D eigenvalue weighted by Crippen LogP contribution is -2.44. The Kier molecular flexibility index (Phi) is 4.15. The first-order valence-electron chi connectivity index (χ1n) is 8.49. The first kappa shape index (κ1) is 17.5. The molecule has 0 saturated carbocycles. The van der Waals surface area contributed by atoms with E-state index in [4.69, 9.17) is 11.5 Å². The van der Waals surface area contributed by atoms with Gasteiger partial charge >= 0.3 is 11.1 Å². The third kappa shape index (κ3) is 2.76. The summed E-state index contributed by atoms with van der Waals surface area (Å²) in [5, 5.41) is 0. The van der Waals surface area contributed by atoms with Crippen LogP contribution in [0.15, 0.2) is 50.5 Å². The summed E-state index contributed by atoms with van der Waals surface area (Å²) < 4.78 is 2.23. The van der Waals surface area contributed by atoms with Crippen LogP contribution in [0.2, 0.25) is 0 Å². The molecule has 138 valence electrons. The highest BCUT2D eigenvalue weighted by Gasteiger charge is 2.35. The lowest BCUT2D eigenvalue weighted by Gasteiger charge is -2.32. The number of aromatic nitrogens is 2. The van der Waals surface area contributed by atoms with Crippen molar-refractivity contribution in [2.45, 2.75) is 24.8 Å². The van der Waals surface area contributed by atoms with Crippen molar-refractivity contribution < 1.29 is 4.79 Å². The number of hydrogen-bond donors (Lipinski definition) is 3. The molecular weight excluding hydrogens is 412 g/mol. The molecule has 2 aromatic carbocycles. The summed E-state index contributed by atoms with van der Waals surface area (Å²) in [6.07, 6.45) is 1.13. The number of nitrogen functional groups attached to an aromatic ring is 1. The topological polar surface area (TPSA) is 124 Å². The van der Waals surface area contributed by atoms with Crippen molar-refractivity contribution in [3.63, 3.8) is 0 Å². The molecule has 4 rings (SSSR count). The fourth-order valence-corrected chi connectivity index (χ4v) is 4.53. The second-order valence-electron chi connectivity index (χ2n) is 6.71. The van der Waals surface area contributed by atoms with E-state index in [0.717, 1.165) is 10.0 Å². The zero-order chi connectivity index (χ0) is 19.3. The highest BCUT2D eigenvalue weighted by atomic mass is 79.9. The highest BCUT2D eigenvalue weighted by Crippen LogP contribution is 2.39. The number of halogens is 1. The van der Waals surface area contributed by atoms with Gasteiger partial charge in [0.05, 0.1) is 23.0 Å². The number of H-pyrrole nitrogens is 1. The Bertz CT molecular complexity index is 1200. The molecule has 7 nitrogen and oxygen atoms in total. The van der Waals surface area contributed by atoms with Crippen molar-refractivity contribution in [3.05, 3.63) is 72.7 Å². The third-order valence-corrected chi connectivity index (χ3v) is 5.58. The summed E-state index contributed by atoms with van der Waals surface area (Å²) in [4.78, 5) is 40.0. The molecule has 0 fully saturated rings. The minimum Gasteiger partial charge on any atom is -0.398 e. The summed E-state index contributed by atoms with van der Waals surface area (Å²) in [7, 11) is 0. The Balaban J connectivity index is 2.04. The quantitative estimate of drug-likeness (QED) is 0.434. The van der Waals surface area contributed by atoms with E-state index >= 15 is 0 Å². The van der Waals surface area contributed by atoms with Crippen molar-refractivity contribution in [1.82, 2.24) is 9.55 Å². The molecule has 2 heterocycles. The smallest absolute Gasteiger partial charge is 0.317 e. The van der Waals surface area contributed by atoms with Crippen molar-refractivity contribution in [2.24, 2.45) is 5.73 Å². The minimum atomic E-state index is -0.814. The van der Waals surface area contributed by atoms with Gasteiger partial charge in [0, 0.05) is 10.2 Å². The summed E-state index contributed by atoms with van der Waals surface area (Å²) >= 11 is 3.43. The van der Waals surface area contributed by atoms with Gasteiger partial charge in [0.15, 0.2) is 0 Å². The fourth-order valence-electron chi connectivity index (χ4n) is 4.02. The maximum atomic E-state index is 12.8. The molecule has 1 aliphatic rings. The highest BCUT2D eigenvalue weighted by molar-refractivity contribution is 9.10. The molecule has 0 saturated heterocycles. The lowest BCUT2D eigenvalue weighted by molar-refractivity contribution is -0.120. The van der Waals surface area contributed by atoms with Gasteiger partial charge in [-0.1, -0.05) is 34.1 Å². The fraction of sp³-hybridized carbons (Fsp3) is 0.211. The van der Waals surface area contributed by atoms with Gasteiger partial charge in [0.1, 0.15) is 0 Å². The number of amides is 1. The lowest BCUT2D eigenvalue weighted by atomic mass is 9.84. The molecule has 0 bridgehead atoms. The Morgan fingerprint density at radius 3 is 2.70 bits per heavy atom. The van der Waals surface area contributed by atoms with Crippen LogP contribution in [0.5, 0.6) is 0 Å². The van der Waals surface area contributed by atoms with E-state index in [1.165, 1.54) is 4.57 Å². The summed E-state index contributed by atoms with van der Waals surface area (Å²) in [6.45, 7) is 0. The molecule has 2 atom stereocenters. The molecule has 27 heavy (non-hydrogen) atoms. The van der Waals surface area contributed by atoms with Crippen LogP contribution in [0.3, 0.4) is 0 Å². The number of anilines is 1. The molecule has 1 aromatic heterocycles. The van der Waals surface area contributed by atoms with Crippen molar-refractivity contribution in [2.75, 3.05) is 5.73 Å². The molecule has 3 aromatic rings. The standard InChI is InChI=1S/C19H17BrN4O3/c20-10-7-9-5-6-14(15(17(22)25)11-3-1-2-4-12(11)21)24-16(9)13(8-10)23-18(26)19(24)27/h1-4,7-8,14-15H,5-6,21H2,(H2,22,25)(H,23,26). The number of hydrogen-bond acceptors (Lipinski definition) is 4. The summed E-state index contributed by atoms with van der Waals surface area (Å²) in [5.74, 6) is -1.40. The number of aromatic amines is 1. The maximum Gasteiger partial charge on any atom is 0.317 e. The van der Waals surface area contributed by atoms with Gasteiger partial charge in [-0.2, -0.15) is 0 Å². The van der Waals surface area contributed by atoms with E-state index in [9.17, 15) is 14.4 Å². The number of benzene rings is 2. The average molecular weight is 429 g/mol. The van der Waals surface area contributed by atoms with Crippen molar-refractivity contribution in [3.8, 4) is 0 Å². The number of rotatable bonds is 3. The van der Waals surface area contributed by atoms with Crippen LogP contribution in [0.1, 0.15) is 29.5 Å². The molecule has 8 heteroatoms. The van der Waals surface area contributed by atoms with Crippen LogP contribution < -0.4 is 22.6 Å². The maximum absolute atomic E-state index is 12.8. The van der Waals surface area contributed by atoms with E-state index in [0.29, 0.717) is 35.1 Å². The number of nitrogens with zero attached hydrogens (tertiary/aromatic N) is 1. The van der Waals surface area contributed by atoms with Gasteiger partial charge < -0.3 is 16.5 Å². The van der Waals surface area contributed by atoms with Crippen LogP contribution in [-0.2, 0) is 11.2 Å². The predicted octanol–water partition coefficient (Wildman–Crippen LogP) is 1.79. The van der Waals surface area contributed by atoms with Crippen LogP contribution in [0.25, 0.3) is 11.0 Å². The van der Waals surface area contributed by atoms with Crippen LogP contribution in [0.4, 0.5) is 5.69 Å². The summed E-state index contributed by atoms with van der Waals surface area (Å²) in [5.41, 5.74) is 13.5. The second kappa shape index (κ2) is 6.38. The first-order chi connectivity index (χ1) is 12.9. The van der Waals surface area contributed by atoms with Gasteiger partial charge in [-0.05, 0) is 42.2 Å². The number of aryl methyl sites for hydroxylation is 1. The molecular formula is C19H17BrN4O3. The molecule has 0 aliphatic carbocycles. The Labute approximate surface area is 162 Å². The zero-order valence-electron chi connectivity index (χ0n) is 14.2. The van der Waals surface area contributed by atoms with Gasteiger partial charge in [-0.15, -0.1) is 0 Å². The molecule has 0 spiro atoms. The van der Waals surface area contributed by atoms with E-state index in [2.05, 4.69) is 20.9 Å². The summed E-state index contributed by atoms with van der Waals surface area (Å²) in [6, 6.07) is 10.0. The second-order valence-corrected chi connectivity index (χ2v) is 7.62. The molecule has 1 amide bonds. The average Bonchev–Trinajstić information content (AvgIpc) is 2.61. The minimum absolute atomic E-state index is 0.428. The molecule has 1 aliphatic heterocycles. The van der Waals surface area contributed by atoms with Gasteiger partial charge in [0.25, 0.3) is 0 Å². The number of carbonyl (C=O) groups is 1. The van der Waals surface area contributed by atoms with E-state index in [1.807, 2.05) is 6.07 Å².